The first-order valence-electron chi connectivity index (χ1n) is 3.00. The van der Waals surface area contributed by atoms with Gasteiger partial charge in [0.15, 0.2) is 6.20 Å². The van der Waals surface area contributed by atoms with Crippen LogP contribution in [0.4, 0.5) is 0 Å². The normalized spacial score (nSPS) is 9.55. The van der Waals surface area contributed by atoms with E-state index in [-0.39, 0.29) is 5.69 Å². The van der Waals surface area contributed by atoms with Crippen LogP contribution in [0.15, 0.2) is 23.2 Å². The van der Waals surface area contributed by atoms with Gasteiger partial charge in [0.05, 0.1) is 0 Å². The summed E-state index contributed by atoms with van der Waals surface area (Å²) in [6.07, 6.45) is 3.77. The number of nitrogens with zero attached hydrogens (tertiary/aromatic N) is 1. The second-order valence-corrected chi connectivity index (χ2v) is 2.81. The van der Waals surface area contributed by atoms with Crippen molar-refractivity contribution in [1.29, 1.82) is 0 Å². The third kappa shape index (κ3) is 1.71. The first-order chi connectivity index (χ1) is 5.27. The van der Waals surface area contributed by atoms with Crippen molar-refractivity contribution in [3.05, 3.63) is 29.2 Å². The molecule has 0 aromatic carbocycles. The maximum atomic E-state index is 10.8. The predicted molar refractivity (Wildman–Crippen MR) is 42.6 cm³/mol. The highest BCUT2D eigenvalue weighted by atomic mass is 32.2. The summed E-state index contributed by atoms with van der Waals surface area (Å²) in [5, 5.41) is 10.8. The Labute approximate surface area is 68.6 Å². The van der Waals surface area contributed by atoms with Crippen LogP contribution in [0.5, 0.6) is 0 Å². The van der Waals surface area contributed by atoms with Gasteiger partial charge in [0.25, 0.3) is 5.69 Å². The summed E-state index contributed by atoms with van der Waals surface area (Å²) >= 11 is 1.50. The quantitative estimate of drug-likeness (QED) is 0.285. The largest absolute Gasteiger partial charge is 0.618 e. The van der Waals surface area contributed by atoms with Gasteiger partial charge in [-0.15, -0.1) is 11.8 Å². The molecule has 0 N–H and O–H groups in total. The molecule has 1 rings (SSSR count). The number of pyridine rings is 1. The van der Waals surface area contributed by atoms with Crippen LogP contribution in [-0.4, -0.2) is 12.5 Å². The zero-order chi connectivity index (χ0) is 8.27. The maximum Gasteiger partial charge on any atom is 0.257 e. The van der Waals surface area contributed by atoms with E-state index in [1.807, 2.05) is 6.26 Å². The van der Waals surface area contributed by atoms with Crippen LogP contribution in [0, 0.1) is 5.21 Å². The summed E-state index contributed by atoms with van der Waals surface area (Å²) in [7, 11) is 0. The molecule has 0 fully saturated rings. The summed E-state index contributed by atoms with van der Waals surface area (Å²) in [5.74, 6) is 0. The third-order valence-corrected chi connectivity index (χ3v) is 2.00. The lowest BCUT2D eigenvalue weighted by molar-refractivity contribution is -0.607. The molecule has 1 aromatic heterocycles. The van der Waals surface area contributed by atoms with Crippen molar-refractivity contribution in [2.24, 2.45) is 0 Å². The zero-order valence-electron chi connectivity index (χ0n) is 5.98. The number of hydrogen-bond acceptors (Lipinski definition) is 3. The van der Waals surface area contributed by atoms with Gasteiger partial charge in [0.1, 0.15) is 0 Å². The fraction of sp³-hybridized carbons (Fsp3) is 0.143. The van der Waals surface area contributed by atoms with Crippen molar-refractivity contribution >= 4 is 18.0 Å². The van der Waals surface area contributed by atoms with Crippen molar-refractivity contribution in [2.75, 3.05) is 6.26 Å². The van der Waals surface area contributed by atoms with E-state index < -0.39 is 0 Å². The van der Waals surface area contributed by atoms with Gasteiger partial charge >= 0.3 is 0 Å². The molecule has 0 radical (unpaired) electrons. The monoisotopic (exact) mass is 169 g/mol. The third-order valence-electron chi connectivity index (χ3n) is 1.28. The van der Waals surface area contributed by atoms with Gasteiger partial charge < -0.3 is 5.21 Å². The lowest BCUT2D eigenvalue weighted by Crippen LogP contribution is -2.30. The molecule has 0 aliphatic heterocycles. The SMILES string of the molecule is CSc1cc[n+]([O-])c(C=O)c1. The molecule has 0 spiro atoms. The number of hydrogen-bond donors (Lipinski definition) is 0. The van der Waals surface area contributed by atoms with Crippen LogP contribution >= 0.6 is 11.8 Å². The fourth-order valence-electron chi connectivity index (χ4n) is 0.698. The highest BCUT2D eigenvalue weighted by molar-refractivity contribution is 7.98. The van der Waals surface area contributed by atoms with E-state index >= 15 is 0 Å². The number of carbonyl (C=O) groups is 1. The second-order valence-electron chi connectivity index (χ2n) is 1.94. The van der Waals surface area contributed by atoms with E-state index in [0.29, 0.717) is 11.0 Å². The number of aldehydes is 1. The van der Waals surface area contributed by atoms with Gasteiger partial charge in [0, 0.05) is 17.0 Å². The summed E-state index contributed by atoms with van der Waals surface area (Å²) < 4.78 is 0.548. The first kappa shape index (κ1) is 8.07. The van der Waals surface area contributed by atoms with Crippen LogP contribution in [0.25, 0.3) is 0 Å². The Bertz CT molecular complexity index is 275. The predicted octanol–water partition coefficient (Wildman–Crippen LogP) is 0.854. The topological polar surface area (TPSA) is 44.0 Å². The smallest absolute Gasteiger partial charge is 0.257 e. The number of aromatic nitrogens is 1. The lowest BCUT2D eigenvalue weighted by Gasteiger charge is -1.99. The Morgan fingerprint density at radius 3 is 3.00 bits per heavy atom. The Balaban J connectivity index is 3.12. The zero-order valence-corrected chi connectivity index (χ0v) is 6.80. The van der Waals surface area contributed by atoms with Gasteiger partial charge in [-0.05, 0) is 6.26 Å². The molecule has 1 aromatic rings. The molecule has 4 heteroatoms. The van der Waals surface area contributed by atoms with Crippen LogP contribution in [0.2, 0.25) is 0 Å². The van der Waals surface area contributed by atoms with E-state index in [0.717, 1.165) is 4.90 Å². The molecular formula is C7H7NO2S. The van der Waals surface area contributed by atoms with Crippen molar-refractivity contribution < 1.29 is 9.52 Å². The van der Waals surface area contributed by atoms with Crippen LogP contribution < -0.4 is 4.73 Å². The van der Waals surface area contributed by atoms with E-state index in [1.54, 1.807) is 12.1 Å². The highest BCUT2D eigenvalue weighted by Gasteiger charge is 2.03. The minimum absolute atomic E-state index is 0.150. The van der Waals surface area contributed by atoms with Gasteiger partial charge in [-0.3, -0.25) is 4.79 Å². The molecule has 0 saturated carbocycles. The van der Waals surface area contributed by atoms with Crippen LogP contribution in [0.3, 0.4) is 0 Å². The standard InChI is InChI=1S/C7H7NO2S/c1-11-7-2-3-8(10)6(4-7)5-9/h2-5H,1H3. The minimum atomic E-state index is 0.150. The summed E-state index contributed by atoms with van der Waals surface area (Å²) in [6.45, 7) is 0. The number of rotatable bonds is 2. The van der Waals surface area contributed by atoms with E-state index in [9.17, 15) is 10.0 Å². The lowest BCUT2D eigenvalue weighted by atomic mass is 10.4. The molecular weight excluding hydrogens is 162 g/mol. The Morgan fingerprint density at radius 2 is 2.45 bits per heavy atom. The highest BCUT2D eigenvalue weighted by Crippen LogP contribution is 2.12. The second kappa shape index (κ2) is 3.39. The Kier molecular flexibility index (Phi) is 2.48. The molecule has 58 valence electrons. The van der Waals surface area contributed by atoms with E-state index in [2.05, 4.69) is 0 Å². The summed E-state index contributed by atoms with van der Waals surface area (Å²) in [6, 6.07) is 3.23. The molecule has 0 bridgehead atoms. The molecule has 0 unspecified atom stereocenters. The first-order valence-corrected chi connectivity index (χ1v) is 4.23. The average molecular weight is 169 g/mol. The molecule has 0 aliphatic carbocycles. The van der Waals surface area contributed by atoms with Gasteiger partial charge in [0.2, 0.25) is 6.29 Å². The van der Waals surface area contributed by atoms with E-state index in [4.69, 9.17) is 0 Å². The van der Waals surface area contributed by atoms with Gasteiger partial charge in [-0.2, -0.15) is 4.73 Å². The summed E-state index contributed by atoms with van der Waals surface area (Å²) in [5.41, 5.74) is 0.150. The fourth-order valence-corrected chi connectivity index (χ4v) is 1.13. The van der Waals surface area contributed by atoms with Crippen molar-refractivity contribution in [3.8, 4) is 0 Å². The maximum absolute atomic E-state index is 10.8. The number of carbonyl (C=O) groups excluding carboxylic acids is 1. The molecule has 3 nitrogen and oxygen atoms in total. The Morgan fingerprint density at radius 1 is 1.73 bits per heavy atom. The van der Waals surface area contributed by atoms with Crippen molar-refractivity contribution in [1.82, 2.24) is 0 Å². The molecule has 1 heterocycles. The van der Waals surface area contributed by atoms with Crippen molar-refractivity contribution in [3.63, 3.8) is 0 Å². The molecule has 11 heavy (non-hydrogen) atoms. The molecule has 0 atom stereocenters. The van der Waals surface area contributed by atoms with Gasteiger partial charge in [-0.1, -0.05) is 0 Å². The minimum Gasteiger partial charge on any atom is -0.618 e. The number of thioether (sulfide) groups is 1. The van der Waals surface area contributed by atoms with Crippen LogP contribution in [-0.2, 0) is 0 Å². The van der Waals surface area contributed by atoms with E-state index in [1.165, 1.54) is 18.0 Å². The Hall–Kier alpha value is -1.03. The van der Waals surface area contributed by atoms with Gasteiger partial charge in [-0.25, -0.2) is 0 Å². The average Bonchev–Trinajstić information content (AvgIpc) is 2.05. The van der Waals surface area contributed by atoms with Crippen LogP contribution in [0.1, 0.15) is 10.5 Å². The van der Waals surface area contributed by atoms with Crippen molar-refractivity contribution in [2.45, 2.75) is 4.90 Å². The molecule has 0 saturated heterocycles. The molecule has 0 aliphatic rings. The summed E-state index contributed by atoms with van der Waals surface area (Å²) in [4.78, 5) is 11.2. The molecule has 0 amide bonds.